The van der Waals surface area contributed by atoms with Crippen molar-refractivity contribution in [2.75, 3.05) is 36.0 Å². The van der Waals surface area contributed by atoms with E-state index < -0.39 is 10.8 Å². The van der Waals surface area contributed by atoms with Crippen LogP contribution in [0, 0.1) is 0 Å². The van der Waals surface area contributed by atoms with Gasteiger partial charge >= 0.3 is 0 Å². The third-order valence-electron chi connectivity index (χ3n) is 2.85. The molecule has 1 aliphatic heterocycles. The van der Waals surface area contributed by atoms with Crippen LogP contribution in [0.1, 0.15) is 12.6 Å². The minimum Gasteiger partial charge on any atom is -0.355 e. The third kappa shape index (κ3) is 3.51. The largest absolute Gasteiger partial charge is 0.355 e. The zero-order valence-corrected chi connectivity index (χ0v) is 11.0. The molecule has 0 saturated carbocycles. The highest BCUT2D eigenvalue weighted by Gasteiger charge is 2.16. The number of nitrogens with zero attached hydrogens (tertiary/aromatic N) is 2. The fourth-order valence-corrected chi connectivity index (χ4v) is 2.91. The zero-order valence-electron chi connectivity index (χ0n) is 10.2. The molecule has 0 atom stereocenters. The number of rotatable bonds is 4. The van der Waals surface area contributed by atoms with Gasteiger partial charge in [-0.3, -0.25) is 4.21 Å². The summed E-state index contributed by atoms with van der Waals surface area (Å²) in [7, 11) is -0.627. The first kappa shape index (κ1) is 12.5. The smallest absolute Gasteiger partial charge is 0.128 e. The van der Waals surface area contributed by atoms with Crippen LogP contribution in [-0.4, -0.2) is 40.3 Å². The predicted molar refractivity (Wildman–Crippen MR) is 71.7 cm³/mol. The molecule has 2 rings (SSSR count). The maximum Gasteiger partial charge on any atom is 0.128 e. The highest BCUT2D eigenvalue weighted by Crippen LogP contribution is 2.13. The Morgan fingerprint density at radius 2 is 2.18 bits per heavy atom. The van der Waals surface area contributed by atoms with Crippen LogP contribution in [0.2, 0.25) is 0 Å². The van der Waals surface area contributed by atoms with E-state index in [0.29, 0.717) is 0 Å². The lowest BCUT2D eigenvalue weighted by atomic mass is 10.3. The molecule has 1 aliphatic rings. The second-order valence-electron chi connectivity index (χ2n) is 4.10. The number of hydrogen-bond acceptors (Lipinski definition) is 4. The zero-order chi connectivity index (χ0) is 12.1. The Morgan fingerprint density at radius 3 is 2.88 bits per heavy atom. The average molecular weight is 253 g/mol. The molecule has 0 unspecified atom stereocenters. The van der Waals surface area contributed by atoms with E-state index in [1.165, 1.54) is 0 Å². The van der Waals surface area contributed by atoms with Crippen molar-refractivity contribution in [1.29, 1.82) is 0 Å². The van der Waals surface area contributed by atoms with Crippen LogP contribution >= 0.6 is 0 Å². The number of nitrogens with one attached hydrogen (secondary N) is 1. The Hall–Kier alpha value is -0.940. The third-order valence-corrected chi connectivity index (χ3v) is 4.13. The molecule has 1 saturated heterocycles. The van der Waals surface area contributed by atoms with E-state index in [1.54, 1.807) is 0 Å². The molecule has 0 amide bonds. The van der Waals surface area contributed by atoms with E-state index in [4.69, 9.17) is 0 Å². The second-order valence-corrected chi connectivity index (χ2v) is 5.80. The topological polar surface area (TPSA) is 45.2 Å². The van der Waals surface area contributed by atoms with Crippen LogP contribution in [0.15, 0.2) is 18.2 Å². The summed E-state index contributed by atoms with van der Waals surface area (Å²) >= 11 is 0. The molecule has 0 spiro atoms. The number of anilines is 1. The Bertz CT molecular complexity index is 387. The Balaban J connectivity index is 2.02. The Kier molecular flexibility index (Phi) is 4.50. The van der Waals surface area contributed by atoms with Gasteiger partial charge in [-0.05, 0) is 18.7 Å². The molecular weight excluding hydrogens is 234 g/mol. The minimum atomic E-state index is -0.627. The molecule has 1 aromatic rings. The van der Waals surface area contributed by atoms with Crippen LogP contribution in [0.3, 0.4) is 0 Å². The van der Waals surface area contributed by atoms with Crippen molar-refractivity contribution in [2.45, 2.75) is 13.5 Å². The van der Waals surface area contributed by atoms with Gasteiger partial charge in [0.2, 0.25) is 0 Å². The summed E-state index contributed by atoms with van der Waals surface area (Å²) in [5, 5.41) is 3.27. The van der Waals surface area contributed by atoms with Crippen LogP contribution < -0.4 is 10.2 Å². The van der Waals surface area contributed by atoms with Crippen molar-refractivity contribution < 1.29 is 4.21 Å². The van der Waals surface area contributed by atoms with E-state index >= 15 is 0 Å². The van der Waals surface area contributed by atoms with Crippen molar-refractivity contribution >= 4 is 16.6 Å². The van der Waals surface area contributed by atoms with Crippen molar-refractivity contribution in [1.82, 2.24) is 10.3 Å². The lowest BCUT2D eigenvalue weighted by Crippen LogP contribution is -2.38. The van der Waals surface area contributed by atoms with Crippen molar-refractivity contribution in [3.8, 4) is 0 Å². The fraction of sp³-hybridized carbons (Fsp3) is 0.583. The lowest BCUT2D eigenvalue weighted by molar-refractivity contribution is 0.671. The van der Waals surface area contributed by atoms with Crippen molar-refractivity contribution in [3.05, 3.63) is 23.9 Å². The van der Waals surface area contributed by atoms with Gasteiger partial charge in [-0.2, -0.15) is 0 Å². The fourth-order valence-electron chi connectivity index (χ4n) is 1.86. The predicted octanol–water partition coefficient (Wildman–Crippen LogP) is 0.760. The van der Waals surface area contributed by atoms with E-state index in [1.807, 2.05) is 18.2 Å². The molecule has 1 aromatic heterocycles. The monoisotopic (exact) mass is 253 g/mol. The molecule has 0 radical (unpaired) electrons. The molecule has 5 heteroatoms. The van der Waals surface area contributed by atoms with E-state index in [-0.39, 0.29) is 0 Å². The quantitative estimate of drug-likeness (QED) is 0.860. The lowest BCUT2D eigenvalue weighted by Gasteiger charge is -2.27. The van der Waals surface area contributed by atoms with Gasteiger partial charge in [0, 0.05) is 41.9 Å². The summed E-state index contributed by atoms with van der Waals surface area (Å²) in [6.07, 6.45) is 0. The summed E-state index contributed by atoms with van der Waals surface area (Å²) < 4.78 is 11.3. The van der Waals surface area contributed by atoms with E-state index in [2.05, 4.69) is 22.1 Å². The molecule has 0 aliphatic carbocycles. The van der Waals surface area contributed by atoms with Gasteiger partial charge in [0.25, 0.3) is 0 Å². The van der Waals surface area contributed by atoms with Crippen LogP contribution in [0.25, 0.3) is 0 Å². The van der Waals surface area contributed by atoms with Gasteiger partial charge in [0.15, 0.2) is 0 Å². The molecule has 0 aromatic carbocycles. The molecule has 2 heterocycles. The van der Waals surface area contributed by atoms with E-state index in [0.717, 1.165) is 49.2 Å². The van der Waals surface area contributed by atoms with Crippen molar-refractivity contribution in [3.63, 3.8) is 0 Å². The molecule has 94 valence electrons. The average Bonchev–Trinajstić information content (AvgIpc) is 2.37. The van der Waals surface area contributed by atoms with Gasteiger partial charge in [-0.15, -0.1) is 0 Å². The Morgan fingerprint density at radius 1 is 1.41 bits per heavy atom. The maximum atomic E-state index is 11.3. The second kappa shape index (κ2) is 6.12. The van der Waals surface area contributed by atoms with Gasteiger partial charge in [0.1, 0.15) is 5.82 Å². The Labute approximate surface area is 105 Å². The maximum absolute atomic E-state index is 11.3. The van der Waals surface area contributed by atoms with Crippen molar-refractivity contribution in [2.24, 2.45) is 0 Å². The highest BCUT2D eigenvalue weighted by atomic mass is 32.2. The number of pyridine rings is 1. The van der Waals surface area contributed by atoms with Gasteiger partial charge in [-0.25, -0.2) is 4.98 Å². The van der Waals surface area contributed by atoms with E-state index in [9.17, 15) is 4.21 Å². The van der Waals surface area contributed by atoms with Crippen LogP contribution in [-0.2, 0) is 17.3 Å². The minimum absolute atomic E-state index is 0.627. The first-order valence-electron chi connectivity index (χ1n) is 6.06. The summed E-state index contributed by atoms with van der Waals surface area (Å²) in [6.45, 7) is 5.55. The molecule has 0 bridgehead atoms. The molecule has 1 fully saturated rings. The van der Waals surface area contributed by atoms with Gasteiger partial charge in [0.05, 0.1) is 5.69 Å². The number of aromatic nitrogens is 1. The molecule has 1 N–H and O–H groups in total. The highest BCUT2D eigenvalue weighted by molar-refractivity contribution is 7.85. The first-order chi connectivity index (χ1) is 8.29. The number of hydrogen-bond donors (Lipinski definition) is 1. The van der Waals surface area contributed by atoms with Gasteiger partial charge < -0.3 is 10.2 Å². The summed E-state index contributed by atoms with van der Waals surface area (Å²) in [5.74, 6) is 2.54. The molecular formula is C12H19N3OS. The summed E-state index contributed by atoms with van der Waals surface area (Å²) in [6, 6.07) is 6.11. The van der Waals surface area contributed by atoms with Crippen LogP contribution in [0.4, 0.5) is 5.82 Å². The summed E-state index contributed by atoms with van der Waals surface area (Å²) in [4.78, 5) is 6.84. The normalized spacial score (nSPS) is 17.4. The standard InChI is InChI=1S/C12H19N3OS/c1-2-13-10-11-4-3-5-12(14-11)15-6-8-17(16)9-7-15/h3-5,13H,2,6-10H2,1H3. The molecule has 4 nitrogen and oxygen atoms in total. The molecule has 17 heavy (non-hydrogen) atoms. The van der Waals surface area contributed by atoms with Gasteiger partial charge in [-0.1, -0.05) is 13.0 Å². The SMILES string of the molecule is CCNCc1cccc(N2CCS(=O)CC2)n1. The van der Waals surface area contributed by atoms with Crippen LogP contribution in [0.5, 0.6) is 0 Å². The summed E-state index contributed by atoms with van der Waals surface area (Å²) in [5.41, 5.74) is 1.07. The first-order valence-corrected chi connectivity index (χ1v) is 7.55.